The van der Waals surface area contributed by atoms with Crippen LogP contribution in [0.4, 0.5) is 0 Å². The van der Waals surface area contributed by atoms with Crippen molar-refractivity contribution in [3.8, 4) is 0 Å². The van der Waals surface area contributed by atoms with Crippen molar-refractivity contribution < 1.29 is 19.4 Å². The fourth-order valence-corrected chi connectivity index (χ4v) is 1.94. The molecule has 0 radical (unpaired) electrons. The van der Waals surface area contributed by atoms with Gasteiger partial charge in [-0.25, -0.2) is 4.79 Å². The molecule has 1 N–H and O–H groups in total. The third-order valence-electron chi connectivity index (χ3n) is 1.95. The van der Waals surface area contributed by atoms with Crippen LogP contribution < -0.4 is 0 Å². The van der Waals surface area contributed by atoms with Crippen molar-refractivity contribution in [3.05, 3.63) is 0 Å². The lowest BCUT2D eigenvalue weighted by Crippen LogP contribution is -2.60. The maximum Gasteiger partial charge on any atom is 0.335 e. The number of hydrogen-bond donors (Lipinski definition) is 1. The van der Waals surface area contributed by atoms with Crippen LogP contribution in [0.3, 0.4) is 0 Å². The maximum atomic E-state index is 11.2. The van der Waals surface area contributed by atoms with Gasteiger partial charge in [0, 0.05) is 0 Å². The highest BCUT2D eigenvalue weighted by Crippen LogP contribution is 2.26. The summed E-state index contributed by atoms with van der Waals surface area (Å²) in [6.07, 6.45) is 0.139. The molecular formula is C8H10ClNO4S. The first kappa shape index (κ1) is 12.2. The van der Waals surface area contributed by atoms with Crippen LogP contribution in [0.5, 0.6) is 0 Å². The molecule has 1 amide bonds. The predicted octanol–water partition coefficient (Wildman–Crippen LogP) is 0.601. The van der Waals surface area contributed by atoms with E-state index in [1.807, 2.05) is 0 Å². The van der Waals surface area contributed by atoms with Crippen LogP contribution in [0, 0.1) is 0 Å². The molecule has 15 heavy (non-hydrogen) atoms. The van der Waals surface area contributed by atoms with Crippen LogP contribution in [0.1, 0.15) is 13.3 Å². The third kappa shape index (κ3) is 2.38. The molecule has 1 aliphatic heterocycles. The van der Waals surface area contributed by atoms with Gasteiger partial charge in [-0.15, -0.1) is 0 Å². The van der Waals surface area contributed by atoms with Crippen molar-refractivity contribution in [3.63, 3.8) is 0 Å². The maximum absolute atomic E-state index is 11.2. The molecule has 0 saturated carbocycles. The van der Waals surface area contributed by atoms with Crippen LogP contribution in [0.15, 0.2) is 0 Å². The zero-order valence-corrected chi connectivity index (χ0v) is 9.55. The summed E-state index contributed by atoms with van der Waals surface area (Å²) < 4.78 is 4.92. The molecule has 0 aromatic rings. The summed E-state index contributed by atoms with van der Waals surface area (Å²) in [5.41, 5.74) is -0.614. The molecule has 1 fully saturated rings. The first-order chi connectivity index (χ1) is 6.99. The minimum absolute atomic E-state index is 0.135. The van der Waals surface area contributed by atoms with Gasteiger partial charge in [-0.2, -0.15) is 0 Å². The number of ether oxygens (including phenoxy) is 1. The smallest absolute Gasteiger partial charge is 0.335 e. The van der Waals surface area contributed by atoms with Crippen molar-refractivity contribution >= 4 is 40.7 Å². The summed E-state index contributed by atoms with van der Waals surface area (Å²) in [7, 11) is 0. The van der Waals surface area contributed by atoms with E-state index >= 15 is 0 Å². The van der Waals surface area contributed by atoms with Crippen molar-refractivity contribution in [2.75, 3.05) is 6.61 Å². The zero-order valence-electron chi connectivity index (χ0n) is 7.97. The number of nitrogens with zero attached hydrogens (tertiary/aromatic N) is 1. The van der Waals surface area contributed by atoms with Gasteiger partial charge in [0.2, 0.25) is 5.91 Å². The number of alkyl halides is 1. The molecule has 0 aromatic heterocycles. The SMILES string of the molecule is CCOC(=S)C(C(=O)O)N1C(=O)CC1Cl. The minimum Gasteiger partial charge on any atom is -0.485 e. The van der Waals surface area contributed by atoms with Gasteiger partial charge in [0.15, 0.2) is 11.1 Å². The van der Waals surface area contributed by atoms with E-state index in [-0.39, 0.29) is 24.0 Å². The Labute approximate surface area is 96.9 Å². The Morgan fingerprint density at radius 1 is 1.87 bits per heavy atom. The molecular weight excluding hydrogens is 242 g/mol. The van der Waals surface area contributed by atoms with Crippen molar-refractivity contribution in [2.45, 2.75) is 24.9 Å². The molecule has 0 bridgehead atoms. The van der Waals surface area contributed by atoms with E-state index in [1.165, 1.54) is 0 Å². The number of thiocarbonyl (C=S) groups is 1. The molecule has 1 aliphatic rings. The number of hydrogen-bond acceptors (Lipinski definition) is 4. The van der Waals surface area contributed by atoms with E-state index in [0.717, 1.165) is 4.90 Å². The molecule has 1 saturated heterocycles. The van der Waals surface area contributed by atoms with Gasteiger partial charge in [-0.3, -0.25) is 4.79 Å². The zero-order chi connectivity index (χ0) is 11.6. The Morgan fingerprint density at radius 3 is 2.80 bits per heavy atom. The van der Waals surface area contributed by atoms with Gasteiger partial charge in [0.25, 0.3) is 0 Å². The first-order valence-electron chi connectivity index (χ1n) is 4.33. The Hall–Kier alpha value is -0.880. The highest BCUT2D eigenvalue weighted by atomic mass is 35.5. The van der Waals surface area contributed by atoms with Gasteiger partial charge in [0.05, 0.1) is 13.0 Å². The summed E-state index contributed by atoms with van der Waals surface area (Å²) >= 11 is 10.5. The lowest BCUT2D eigenvalue weighted by Gasteiger charge is -2.39. The number of aliphatic carboxylic acids is 1. The average molecular weight is 252 g/mol. The third-order valence-corrected chi connectivity index (χ3v) is 2.66. The Balaban J connectivity index is 2.78. The Bertz CT molecular complexity index is 309. The second-order valence-electron chi connectivity index (χ2n) is 2.93. The van der Waals surface area contributed by atoms with E-state index in [0.29, 0.717) is 0 Å². The molecule has 5 nitrogen and oxygen atoms in total. The van der Waals surface area contributed by atoms with Crippen LogP contribution >= 0.6 is 23.8 Å². The number of carbonyl (C=O) groups is 2. The van der Waals surface area contributed by atoms with Gasteiger partial charge in [0.1, 0.15) is 5.50 Å². The van der Waals surface area contributed by atoms with Gasteiger partial charge in [-0.05, 0) is 19.1 Å². The van der Waals surface area contributed by atoms with Gasteiger partial charge >= 0.3 is 5.97 Å². The van der Waals surface area contributed by atoms with E-state index in [4.69, 9.17) is 33.7 Å². The normalized spacial score (nSPS) is 21.9. The molecule has 2 atom stereocenters. The number of carboxylic acids is 1. The van der Waals surface area contributed by atoms with E-state index < -0.39 is 17.5 Å². The summed E-state index contributed by atoms with van der Waals surface area (Å²) in [5, 5.41) is 8.79. The summed E-state index contributed by atoms with van der Waals surface area (Å²) in [5.74, 6) is -1.56. The monoisotopic (exact) mass is 251 g/mol. The number of β-lactam (4-membered cyclic amide) rings is 1. The van der Waals surface area contributed by atoms with Crippen LogP contribution in [0.2, 0.25) is 0 Å². The number of amides is 1. The fourth-order valence-electron chi connectivity index (χ4n) is 1.25. The second-order valence-corrected chi connectivity index (χ2v) is 3.84. The molecule has 0 aromatic carbocycles. The summed E-state index contributed by atoms with van der Waals surface area (Å²) in [6.45, 7) is 1.94. The summed E-state index contributed by atoms with van der Waals surface area (Å²) in [6, 6.07) is -1.26. The minimum atomic E-state index is -1.26. The Morgan fingerprint density at radius 2 is 2.47 bits per heavy atom. The average Bonchev–Trinajstić information content (AvgIpc) is 2.13. The molecule has 0 aliphatic carbocycles. The number of rotatable bonds is 4. The quantitative estimate of drug-likeness (QED) is 0.343. The van der Waals surface area contributed by atoms with E-state index in [1.54, 1.807) is 6.92 Å². The van der Waals surface area contributed by atoms with E-state index in [9.17, 15) is 9.59 Å². The molecule has 0 spiro atoms. The standard InChI is InChI=1S/C8H10ClNO4S/c1-2-14-8(15)6(7(12)13)10-4(9)3-5(10)11/h4,6H,2-3H2,1H3,(H,12,13). The predicted molar refractivity (Wildman–Crippen MR) is 56.8 cm³/mol. The molecule has 84 valence electrons. The second kappa shape index (κ2) is 4.76. The summed E-state index contributed by atoms with van der Waals surface area (Å²) in [4.78, 5) is 23.1. The molecule has 2 unspecified atom stereocenters. The van der Waals surface area contributed by atoms with Gasteiger partial charge in [-0.1, -0.05) is 11.6 Å². The van der Waals surface area contributed by atoms with Crippen LogP contribution in [0.25, 0.3) is 0 Å². The van der Waals surface area contributed by atoms with E-state index in [2.05, 4.69) is 0 Å². The highest BCUT2D eigenvalue weighted by molar-refractivity contribution is 7.80. The number of carboxylic acid groups (broad SMARTS) is 1. The molecule has 1 heterocycles. The first-order valence-corrected chi connectivity index (χ1v) is 5.18. The molecule has 1 rings (SSSR count). The van der Waals surface area contributed by atoms with Crippen LogP contribution in [-0.4, -0.2) is 45.1 Å². The number of likely N-dealkylation sites (tertiary alicyclic amines) is 1. The van der Waals surface area contributed by atoms with Crippen molar-refractivity contribution in [1.29, 1.82) is 0 Å². The topological polar surface area (TPSA) is 66.8 Å². The largest absolute Gasteiger partial charge is 0.485 e. The lowest BCUT2D eigenvalue weighted by atomic mass is 10.1. The highest BCUT2D eigenvalue weighted by Gasteiger charge is 2.45. The molecule has 7 heteroatoms. The van der Waals surface area contributed by atoms with Crippen molar-refractivity contribution in [2.24, 2.45) is 0 Å². The fraction of sp³-hybridized carbons (Fsp3) is 0.625. The Kier molecular flexibility index (Phi) is 3.87. The van der Waals surface area contributed by atoms with Crippen molar-refractivity contribution in [1.82, 2.24) is 4.90 Å². The number of carbonyl (C=O) groups excluding carboxylic acids is 1. The van der Waals surface area contributed by atoms with Crippen LogP contribution in [-0.2, 0) is 14.3 Å². The lowest BCUT2D eigenvalue weighted by molar-refractivity contribution is -0.155. The number of halogens is 1. The van der Waals surface area contributed by atoms with Gasteiger partial charge < -0.3 is 14.7 Å².